The van der Waals surface area contributed by atoms with Crippen molar-refractivity contribution in [1.82, 2.24) is 0 Å². The van der Waals surface area contributed by atoms with Crippen molar-refractivity contribution in [3.63, 3.8) is 0 Å². The summed E-state index contributed by atoms with van der Waals surface area (Å²) < 4.78 is 54.7. The maximum Gasteiger partial charge on any atom is 0.232 e. The normalized spacial score (nSPS) is 20.9. The Kier molecular flexibility index (Phi) is 3.54. The first-order valence-corrected chi connectivity index (χ1v) is 6.99. The zero-order valence-electron chi connectivity index (χ0n) is 11.8. The molecule has 1 amide bonds. The fraction of sp³-hybridized carbons (Fsp3) is 0.312. The van der Waals surface area contributed by atoms with Gasteiger partial charge >= 0.3 is 0 Å². The number of hydrogen-bond acceptors (Lipinski definition) is 1. The van der Waals surface area contributed by atoms with Gasteiger partial charge in [-0.15, -0.1) is 0 Å². The second-order valence-electron chi connectivity index (χ2n) is 5.42. The lowest BCUT2D eigenvalue weighted by Gasteiger charge is -2.24. The number of fused-ring (bicyclic) bond motifs is 1. The molecule has 116 valence electrons. The van der Waals surface area contributed by atoms with Crippen molar-refractivity contribution in [3.8, 4) is 0 Å². The third-order valence-corrected chi connectivity index (χ3v) is 4.11. The molecule has 6 heteroatoms. The van der Waals surface area contributed by atoms with Crippen LogP contribution in [0.5, 0.6) is 0 Å². The first-order chi connectivity index (χ1) is 10.4. The van der Waals surface area contributed by atoms with Gasteiger partial charge in [0, 0.05) is 24.1 Å². The highest BCUT2D eigenvalue weighted by Crippen LogP contribution is 2.42. The van der Waals surface area contributed by atoms with Crippen LogP contribution in [0.4, 0.5) is 23.2 Å². The van der Waals surface area contributed by atoms with Gasteiger partial charge in [-0.2, -0.15) is 0 Å². The predicted octanol–water partition coefficient (Wildman–Crippen LogP) is 4.22. The first kappa shape index (κ1) is 14.8. The molecule has 2 nitrogen and oxygen atoms in total. The third kappa shape index (κ3) is 2.14. The highest BCUT2D eigenvalue weighted by molar-refractivity contribution is 6.00. The molecule has 1 aromatic carbocycles. The largest absolute Gasteiger partial charge is 0.279 e. The van der Waals surface area contributed by atoms with Crippen LogP contribution in [0.15, 0.2) is 29.5 Å². The summed E-state index contributed by atoms with van der Waals surface area (Å²) in [6.07, 6.45) is 4.86. The Morgan fingerprint density at radius 1 is 1.09 bits per heavy atom. The Morgan fingerprint density at radius 2 is 1.73 bits per heavy atom. The molecule has 22 heavy (non-hydrogen) atoms. The molecule has 1 aliphatic heterocycles. The number of carbonyl (C=O) groups excluding carboxylic acids is 1. The molecule has 1 fully saturated rings. The minimum atomic E-state index is -1.56. The molecule has 1 heterocycles. The number of nitrogens with zero attached hydrogens (tertiary/aromatic N) is 1. The average molecular weight is 311 g/mol. The molecule has 3 rings (SSSR count). The maximum atomic E-state index is 14.0. The highest BCUT2D eigenvalue weighted by atomic mass is 19.2. The second-order valence-corrected chi connectivity index (χ2v) is 5.42. The predicted molar refractivity (Wildman–Crippen MR) is 72.9 cm³/mol. The smallest absolute Gasteiger partial charge is 0.232 e. The van der Waals surface area contributed by atoms with E-state index in [0.29, 0.717) is 12.1 Å². The van der Waals surface area contributed by atoms with E-state index in [0.717, 1.165) is 16.9 Å². The van der Waals surface area contributed by atoms with Gasteiger partial charge in [-0.05, 0) is 18.9 Å². The van der Waals surface area contributed by atoms with Gasteiger partial charge in [-0.1, -0.05) is 18.6 Å². The van der Waals surface area contributed by atoms with Gasteiger partial charge in [0.1, 0.15) is 5.69 Å². The Labute approximate surface area is 124 Å². The van der Waals surface area contributed by atoms with Gasteiger partial charge < -0.3 is 0 Å². The summed E-state index contributed by atoms with van der Waals surface area (Å²) in [5, 5.41) is 0. The summed E-state index contributed by atoms with van der Waals surface area (Å²) in [6.45, 7) is 1.97. The quantitative estimate of drug-likeness (QED) is 0.591. The monoisotopic (exact) mass is 311 g/mol. The minimum Gasteiger partial charge on any atom is -0.279 e. The topological polar surface area (TPSA) is 20.3 Å². The summed E-state index contributed by atoms with van der Waals surface area (Å²) in [6, 6.07) is 0.135. The second kappa shape index (κ2) is 5.26. The summed E-state index contributed by atoms with van der Waals surface area (Å²) in [7, 11) is 0. The van der Waals surface area contributed by atoms with E-state index >= 15 is 0 Å². The van der Waals surface area contributed by atoms with Crippen molar-refractivity contribution in [3.05, 3.63) is 52.8 Å². The molecular formula is C16H13F4NO. The van der Waals surface area contributed by atoms with Crippen LogP contribution >= 0.6 is 0 Å². The fourth-order valence-corrected chi connectivity index (χ4v) is 2.98. The van der Waals surface area contributed by atoms with Crippen molar-refractivity contribution in [2.24, 2.45) is 5.92 Å². The van der Waals surface area contributed by atoms with E-state index < -0.39 is 34.9 Å². The van der Waals surface area contributed by atoms with Gasteiger partial charge in [0.05, 0.1) is 0 Å². The number of rotatable bonds is 2. The lowest BCUT2D eigenvalue weighted by molar-refractivity contribution is -0.117. The first-order valence-electron chi connectivity index (χ1n) is 6.99. The van der Waals surface area contributed by atoms with Crippen molar-refractivity contribution in [1.29, 1.82) is 0 Å². The standard InChI is InChI=1S/C16H13F4NO/c1-2-8-3-4-12-9(5-8)6-13(22)21(12)16-14(19)10(17)7-11(18)15(16)20/h3-4,7,9H,2,5-6H2,1H3. The van der Waals surface area contributed by atoms with Gasteiger partial charge in [0.15, 0.2) is 23.3 Å². The average Bonchev–Trinajstić information content (AvgIpc) is 2.81. The van der Waals surface area contributed by atoms with Crippen LogP contribution in [-0.4, -0.2) is 5.91 Å². The van der Waals surface area contributed by atoms with Crippen molar-refractivity contribution < 1.29 is 22.4 Å². The third-order valence-electron chi connectivity index (χ3n) is 4.11. The Balaban J connectivity index is 2.14. The number of hydrogen-bond donors (Lipinski definition) is 0. The van der Waals surface area contributed by atoms with E-state index in [4.69, 9.17) is 0 Å². The lowest BCUT2D eigenvalue weighted by atomic mass is 9.90. The summed E-state index contributed by atoms with van der Waals surface area (Å²) >= 11 is 0. The SMILES string of the molecule is CCC1=CC=C2C(CC(=O)N2c2c(F)c(F)cc(F)c2F)C1. The molecule has 0 radical (unpaired) electrons. The number of anilines is 1. The maximum absolute atomic E-state index is 14.0. The molecule has 1 atom stereocenters. The van der Waals surface area contributed by atoms with E-state index in [-0.39, 0.29) is 18.4 Å². The van der Waals surface area contributed by atoms with Gasteiger partial charge in [-0.25, -0.2) is 17.6 Å². The zero-order valence-corrected chi connectivity index (χ0v) is 11.8. The highest BCUT2D eigenvalue weighted by Gasteiger charge is 2.40. The molecule has 0 N–H and O–H groups in total. The molecule has 0 aromatic heterocycles. The lowest BCUT2D eigenvalue weighted by Crippen LogP contribution is -2.26. The van der Waals surface area contributed by atoms with Gasteiger partial charge in [0.25, 0.3) is 0 Å². The number of carbonyl (C=O) groups is 1. The zero-order chi connectivity index (χ0) is 16.0. The van der Waals surface area contributed by atoms with Crippen LogP contribution in [-0.2, 0) is 4.79 Å². The van der Waals surface area contributed by atoms with Crippen LogP contribution in [0.1, 0.15) is 26.2 Å². The van der Waals surface area contributed by atoms with E-state index in [1.54, 1.807) is 12.2 Å². The van der Waals surface area contributed by atoms with E-state index in [2.05, 4.69) is 0 Å². The molecule has 1 saturated heterocycles. The Morgan fingerprint density at radius 3 is 2.32 bits per heavy atom. The number of allylic oxidation sites excluding steroid dienone is 4. The van der Waals surface area contributed by atoms with Crippen molar-refractivity contribution >= 4 is 11.6 Å². The van der Waals surface area contributed by atoms with Gasteiger partial charge in [-0.3, -0.25) is 9.69 Å². The fourth-order valence-electron chi connectivity index (χ4n) is 2.98. The van der Waals surface area contributed by atoms with Crippen LogP contribution in [0.25, 0.3) is 0 Å². The molecule has 1 aliphatic carbocycles. The van der Waals surface area contributed by atoms with E-state index in [1.807, 2.05) is 6.92 Å². The van der Waals surface area contributed by atoms with Crippen LogP contribution in [0, 0.1) is 29.2 Å². The van der Waals surface area contributed by atoms with E-state index in [9.17, 15) is 22.4 Å². The molecular weight excluding hydrogens is 298 g/mol. The molecule has 2 aliphatic rings. The number of halogens is 4. The molecule has 1 aromatic rings. The Bertz CT molecular complexity index is 697. The molecule has 0 bridgehead atoms. The molecule has 0 spiro atoms. The minimum absolute atomic E-state index is 0.0696. The van der Waals surface area contributed by atoms with Crippen molar-refractivity contribution in [2.45, 2.75) is 26.2 Å². The van der Waals surface area contributed by atoms with Crippen LogP contribution < -0.4 is 4.90 Å². The molecule has 1 unspecified atom stereocenters. The summed E-state index contributed by atoms with van der Waals surface area (Å²) in [4.78, 5) is 12.9. The van der Waals surface area contributed by atoms with Crippen LogP contribution in [0.3, 0.4) is 0 Å². The molecule has 0 saturated carbocycles. The van der Waals surface area contributed by atoms with Crippen LogP contribution in [0.2, 0.25) is 0 Å². The van der Waals surface area contributed by atoms with Gasteiger partial charge in [0.2, 0.25) is 5.91 Å². The number of benzene rings is 1. The summed E-state index contributed by atoms with van der Waals surface area (Å²) in [5.74, 6) is -6.93. The van der Waals surface area contributed by atoms with E-state index in [1.165, 1.54) is 0 Å². The summed E-state index contributed by atoms with van der Waals surface area (Å²) in [5.41, 5.74) is 0.532. The number of amides is 1. The Hall–Kier alpha value is -2.11. The van der Waals surface area contributed by atoms with Crippen molar-refractivity contribution in [2.75, 3.05) is 4.90 Å².